The fourth-order valence-corrected chi connectivity index (χ4v) is 4.29. The predicted molar refractivity (Wildman–Crippen MR) is 86.5 cm³/mol. The maximum absolute atomic E-state index is 13.8. The molecular weight excluding hydrogens is 368 g/mol. The number of hydrogen-bond acceptors (Lipinski definition) is 3. The summed E-state index contributed by atoms with van der Waals surface area (Å²) in [6, 6.07) is 2.43. The summed E-state index contributed by atoms with van der Waals surface area (Å²) >= 11 is 4.44. The molecule has 24 heavy (non-hydrogen) atoms. The highest BCUT2D eigenvalue weighted by Crippen LogP contribution is 2.45. The lowest BCUT2D eigenvalue weighted by Crippen LogP contribution is -2.52. The summed E-state index contributed by atoms with van der Waals surface area (Å²) in [6.07, 6.45) is -5.27. The van der Waals surface area contributed by atoms with Gasteiger partial charge in [0.25, 0.3) is 0 Å². The fraction of sp³-hybridized carbons (Fsp3) is 0.600. The zero-order valence-corrected chi connectivity index (χ0v) is 14.7. The average molecular weight is 386 g/mol. The number of fused-ring (bicyclic) bond motifs is 1. The number of ether oxygens (including phenoxy) is 1. The molecule has 0 aliphatic carbocycles. The number of aliphatic hydroxyl groups is 1. The van der Waals surface area contributed by atoms with Crippen molar-refractivity contribution in [2.24, 2.45) is 0 Å². The van der Waals surface area contributed by atoms with Crippen LogP contribution in [0, 0.1) is 5.82 Å². The fourth-order valence-electron chi connectivity index (χ4n) is 3.04. The van der Waals surface area contributed by atoms with E-state index in [9.17, 15) is 27.2 Å². The van der Waals surface area contributed by atoms with Crippen LogP contribution in [-0.2, 0) is 32.8 Å². The minimum atomic E-state index is -4.98. The highest BCUT2D eigenvalue weighted by atomic mass is 32.8. The van der Waals surface area contributed by atoms with E-state index in [4.69, 9.17) is 4.74 Å². The molecule has 1 heterocycles. The Bertz CT molecular complexity index is 661. The van der Waals surface area contributed by atoms with E-state index in [2.05, 4.69) is 11.2 Å². The maximum Gasteiger partial charge on any atom is 0.418 e. The molecule has 0 amide bonds. The molecule has 1 unspecified atom stereocenters. The molecular formula is C15H18F4O3S2. The first-order chi connectivity index (χ1) is 10.9. The Morgan fingerprint density at radius 2 is 1.92 bits per heavy atom. The van der Waals surface area contributed by atoms with Crippen molar-refractivity contribution >= 4 is 20.9 Å². The third-order valence-electron chi connectivity index (χ3n) is 4.10. The van der Waals surface area contributed by atoms with Gasteiger partial charge in [0, 0.05) is 27.3 Å². The van der Waals surface area contributed by atoms with E-state index in [1.165, 1.54) is 19.9 Å². The largest absolute Gasteiger partial charge is 0.493 e. The standard InChI is InChI=1S/C15H18F4O3S2/c1-13(2,7-14(20,8-24(21)23)15(17,18)19)11-6-10(16)5-9-3-4-22-12(9)11/h5-6,20H,3-4,7-8H2,1-2H3,(H,21,23)/t14-,24?/m0/s1. The predicted octanol–water partition coefficient (Wildman–Crippen LogP) is 3.27. The monoisotopic (exact) mass is 386 g/mol. The van der Waals surface area contributed by atoms with Gasteiger partial charge in [0.05, 0.1) is 12.4 Å². The number of benzene rings is 1. The van der Waals surface area contributed by atoms with Crippen LogP contribution in [-0.4, -0.2) is 33.8 Å². The molecule has 2 rings (SSSR count). The van der Waals surface area contributed by atoms with Crippen LogP contribution >= 0.6 is 0 Å². The molecule has 0 aromatic heterocycles. The van der Waals surface area contributed by atoms with Crippen LogP contribution in [0.25, 0.3) is 0 Å². The van der Waals surface area contributed by atoms with Crippen molar-refractivity contribution < 1.29 is 32.0 Å². The van der Waals surface area contributed by atoms with Crippen molar-refractivity contribution in [3.05, 3.63) is 29.1 Å². The highest BCUT2D eigenvalue weighted by molar-refractivity contribution is 8.25. The van der Waals surface area contributed by atoms with Gasteiger partial charge in [0.1, 0.15) is 11.6 Å². The van der Waals surface area contributed by atoms with Crippen LogP contribution in [0.1, 0.15) is 31.4 Å². The zero-order chi connectivity index (χ0) is 18.3. The van der Waals surface area contributed by atoms with Crippen molar-refractivity contribution in [1.29, 1.82) is 0 Å². The van der Waals surface area contributed by atoms with Gasteiger partial charge in [0.2, 0.25) is 0 Å². The molecule has 0 saturated heterocycles. The molecule has 0 spiro atoms. The molecule has 1 aromatic carbocycles. The second-order valence-corrected chi connectivity index (χ2v) is 8.68. The van der Waals surface area contributed by atoms with E-state index >= 15 is 0 Å². The Balaban J connectivity index is 2.45. The molecule has 0 fully saturated rings. The summed E-state index contributed by atoms with van der Waals surface area (Å²) in [5.74, 6) is -1.21. The Kier molecular flexibility index (Phi) is 5.30. The summed E-state index contributed by atoms with van der Waals surface area (Å²) < 4.78 is 68.6. The van der Waals surface area contributed by atoms with Crippen LogP contribution < -0.4 is 4.74 Å². The van der Waals surface area contributed by atoms with Crippen LogP contribution in [0.4, 0.5) is 17.6 Å². The summed E-state index contributed by atoms with van der Waals surface area (Å²) in [7, 11) is -2.02. The second-order valence-electron chi connectivity index (χ2n) is 6.60. The van der Waals surface area contributed by atoms with Gasteiger partial charge >= 0.3 is 6.18 Å². The van der Waals surface area contributed by atoms with E-state index in [0.29, 0.717) is 24.3 Å². The minimum Gasteiger partial charge on any atom is -0.493 e. The van der Waals surface area contributed by atoms with Gasteiger partial charge in [-0.3, -0.25) is 0 Å². The molecule has 2 N–H and O–H groups in total. The lowest BCUT2D eigenvalue weighted by atomic mass is 9.74. The first-order valence-corrected chi connectivity index (χ1v) is 9.45. The quantitative estimate of drug-likeness (QED) is 0.763. The SMILES string of the molecule is CC(C)(C[C@](O)(CS(O)=S)C(F)(F)F)c1cc(F)cc2c1OCC2. The molecule has 3 nitrogen and oxygen atoms in total. The Labute approximate surface area is 144 Å². The molecule has 0 bridgehead atoms. The van der Waals surface area contributed by atoms with Crippen LogP contribution in [0.3, 0.4) is 0 Å². The third-order valence-corrected chi connectivity index (χ3v) is 5.18. The van der Waals surface area contributed by atoms with Crippen molar-refractivity contribution in [1.82, 2.24) is 0 Å². The third kappa shape index (κ3) is 3.89. The van der Waals surface area contributed by atoms with Gasteiger partial charge in [-0.25, -0.2) is 4.39 Å². The molecule has 2 atom stereocenters. The zero-order valence-electron chi connectivity index (χ0n) is 13.1. The summed E-state index contributed by atoms with van der Waals surface area (Å²) in [5.41, 5.74) is -3.57. The lowest BCUT2D eigenvalue weighted by Gasteiger charge is -2.38. The summed E-state index contributed by atoms with van der Waals surface area (Å²) in [4.78, 5) is 0. The van der Waals surface area contributed by atoms with E-state index in [1.807, 2.05) is 0 Å². The summed E-state index contributed by atoms with van der Waals surface area (Å²) in [5, 5.41) is 10.2. The minimum absolute atomic E-state index is 0.264. The van der Waals surface area contributed by atoms with Gasteiger partial charge in [-0.2, -0.15) is 13.2 Å². The van der Waals surface area contributed by atoms with Crippen LogP contribution in [0.15, 0.2) is 12.1 Å². The van der Waals surface area contributed by atoms with E-state index in [1.54, 1.807) is 0 Å². The van der Waals surface area contributed by atoms with Gasteiger partial charge < -0.3 is 14.4 Å². The van der Waals surface area contributed by atoms with Gasteiger partial charge in [-0.15, -0.1) is 0 Å². The van der Waals surface area contributed by atoms with Crippen molar-refractivity contribution in [3.8, 4) is 5.75 Å². The smallest absolute Gasteiger partial charge is 0.418 e. The number of alkyl halides is 3. The van der Waals surface area contributed by atoms with Gasteiger partial charge in [-0.05, 0) is 35.2 Å². The lowest BCUT2D eigenvalue weighted by molar-refractivity contribution is -0.257. The Morgan fingerprint density at radius 3 is 2.46 bits per heavy atom. The second kappa shape index (κ2) is 6.51. The Hall–Kier alpha value is -0.770. The number of hydrogen-bond donors (Lipinski definition) is 2. The topological polar surface area (TPSA) is 49.7 Å². The molecule has 1 aromatic rings. The van der Waals surface area contributed by atoms with E-state index < -0.39 is 44.9 Å². The number of halogens is 4. The van der Waals surface area contributed by atoms with E-state index in [-0.39, 0.29) is 5.56 Å². The van der Waals surface area contributed by atoms with Crippen LogP contribution in [0.2, 0.25) is 0 Å². The normalized spacial score (nSPS) is 18.7. The molecule has 0 saturated carbocycles. The van der Waals surface area contributed by atoms with Crippen molar-refractivity contribution in [3.63, 3.8) is 0 Å². The summed E-state index contributed by atoms with van der Waals surface area (Å²) in [6.45, 7) is 3.27. The van der Waals surface area contributed by atoms with Gasteiger partial charge in [0.15, 0.2) is 5.60 Å². The molecule has 1 aliphatic heterocycles. The first-order valence-electron chi connectivity index (χ1n) is 7.18. The highest BCUT2D eigenvalue weighted by Gasteiger charge is 2.56. The maximum atomic E-state index is 13.8. The van der Waals surface area contributed by atoms with Crippen molar-refractivity contribution in [2.75, 3.05) is 12.4 Å². The van der Waals surface area contributed by atoms with Crippen LogP contribution in [0.5, 0.6) is 5.75 Å². The van der Waals surface area contributed by atoms with Gasteiger partial charge in [-0.1, -0.05) is 13.8 Å². The number of rotatable bonds is 5. The average Bonchev–Trinajstić information content (AvgIpc) is 2.82. The van der Waals surface area contributed by atoms with E-state index in [0.717, 1.165) is 6.07 Å². The molecule has 136 valence electrons. The molecule has 1 aliphatic rings. The Morgan fingerprint density at radius 1 is 1.29 bits per heavy atom. The van der Waals surface area contributed by atoms with Crippen molar-refractivity contribution in [2.45, 2.75) is 43.9 Å². The first kappa shape index (κ1) is 19.6. The molecule has 9 heteroatoms. The molecule has 0 radical (unpaired) electrons.